The molecule has 0 aliphatic rings. The van der Waals surface area contributed by atoms with Crippen molar-refractivity contribution in [1.82, 2.24) is 15.1 Å². The van der Waals surface area contributed by atoms with Crippen LogP contribution in [0.4, 0.5) is 0 Å². The normalized spacial score (nSPS) is 11.2. The molecule has 0 saturated carbocycles. The Morgan fingerprint density at radius 3 is 2.65 bits per heavy atom. The van der Waals surface area contributed by atoms with Crippen LogP contribution in [0.2, 0.25) is 0 Å². The third-order valence-corrected chi connectivity index (χ3v) is 3.44. The highest BCUT2D eigenvalue weighted by Gasteiger charge is 2.05. The Morgan fingerprint density at radius 1 is 1.20 bits per heavy atom. The zero-order valence-electron chi connectivity index (χ0n) is 12.8. The van der Waals surface area contributed by atoms with Crippen molar-refractivity contribution in [2.45, 2.75) is 52.7 Å². The quantitative estimate of drug-likeness (QED) is 0.837. The molecule has 0 amide bonds. The SMILES string of the molecule is Cc1nn(CCCc2ccccc2)cc1CNC(C)C. The maximum atomic E-state index is 4.60. The first-order valence-electron chi connectivity index (χ1n) is 7.45. The van der Waals surface area contributed by atoms with E-state index in [2.05, 4.69) is 72.4 Å². The lowest BCUT2D eigenvalue weighted by Gasteiger charge is -2.06. The maximum absolute atomic E-state index is 4.60. The summed E-state index contributed by atoms with van der Waals surface area (Å²) in [5.74, 6) is 0. The number of benzene rings is 1. The van der Waals surface area contributed by atoms with E-state index < -0.39 is 0 Å². The molecule has 0 aliphatic carbocycles. The van der Waals surface area contributed by atoms with Crippen LogP contribution in [-0.2, 0) is 19.5 Å². The van der Waals surface area contributed by atoms with Gasteiger partial charge in [-0.3, -0.25) is 4.68 Å². The molecule has 0 saturated heterocycles. The Hall–Kier alpha value is -1.61. The highest BCUT2D eigenvalue weighted by atomic mass is 15.3. The van der Waals surface area contributed by atoms with E-state index in [9.17, 15) is 0 Å². The largest absolute Gasteiger partial charge is 0.310 e. The second-order valence-electron chi connectivity index (χ2n) is 5.63. The molecule has 1 aromatic carbocycles. The molecule has 1 aromatic heterocycles. The predicted molar refractivity (Wildman–Crippen MR) is 83.7 cm³/mol. The van der Waals surface area contributed by atoms with Gasteiger partial charge in [0.05, 0.1) is 5.69 Å². The van der Waals surface area contributed by atoms with E-state index in [4.69, 9.17) is 0 Å². The molecule has 0 aliphatic heterocycles. The van der Waals surface area contributed by atoms with E-state index in [0.29, 0.717) is 6.04 Å². The first kappa shape index (κ1) is 14.8. The zero-order chi connectivity index (χ0) is 14.4. The average Bonchev–Trinajstić information content (AvgIpc) is 2.78. The van der Waals surface area contributed by atoms with Gasteiger partial charge in [0.25, 0.3) is 0 Å². The molecule has 108 valence electrons. The van der Waals surface area contributed by atoms with Gasteiger partial charge in [-0.15, -0.1) is 0 Å². The topological polar surface area (TPSA) is 29.9 Å². The Balaban J connectivity index is 1.83. The van der Waals surface area contributed by atoms with Gasteiger partial charge < -0.3 is 5.32 Å². The van der Waals surface area contributed by atoms with Crippen LogP contribution >= 0.6 is 0 Å². The summed E-state index contributed by atoms with van der Waals surface area (Å²) in [4.78, 5) is 0. The van der Waals surface area contributed by atoms with Crippen LogP contribution in [0.5, 0.6) is 0 Å². The Labute approximate surface area is 122 Å². The fourth-order valence-electron chi connectivity index (χ4n) is 2.25. The van der Waals surface area contributed by atoms with Gasteiger partial charge in [0, 0.05) is 30.9 Å². The van der Waals surface area contributed by atoms with Gasteiger partial charge in [0.1, 0.15) is 0 Å². The predicted octanol–water partition coefficient (Wildman–Crippen LogP) is 3.32. The van der Waals surface area contributed by atoms with Crippen LogP contribution < -0.4 is 5.32 Å². The molecular weight excluding hydrogens is 246 g/mol. The first-order valence-corrected chi connectivity index (χ1v) is 7.45. The van der Waals surface area contributed by atoms with Gasteiger partial charge >= 0.3 is 0 Å². The van der Waals surface area contributed by atoms with E-state index in [1.165, 1.54) is 11.1 Å². The van der Waals surface area contributed by atoms with Crippen molar-refractivity contribution < 1.29 is 0 Å². The minimum absolute atomic E-state index is 0.510. The van der Waals surface area contributed by atoms with Gasteiger partial charge in [-0.25, -0.2) is 0 Å². The Kier molecular flexibility index (Phi) is 5.36. The monoisotopic (exact) mass is 271 g/mol. The Bertz CT molecular complexity index is 514. The number of nitrogens with zero attached hydrogens (tertiary/aromatic N) is 2. The molecule has 0 fully saturated rings. The number of aryl methyl sites for hydroxylation is 3. The van der Waals surface area contributed by atoms with Crippen LogP contribution in [-0.4, -0.2) is 15.8 Å². The lowest BCUT2D eigenvalue weighted by atomic mass is 10.1. The molecule has 1 heterocycles. The third-order valence-electron chi connectivity index (χ3n) is 3.44. The molecule has 0 radical (unpaired) electrons. The number of aromatic nitrogens is 2. The number of nitrogens with one attached hydrogen (secondary N) is 1. The molecule has 0 bridgehead atoms. The van der Waals surface area contributed by atoms with Crippen molar-refractivity contribution in [3.8, 4) is 0 Å². The van der Waals surface area contributed by atoms with Crippen LogP contribution in [0.1, 0.15) is 37.1 Å². The minimum Gasteiger partial charge on any atom is -0.310 e. The molecule has 0 atom stereocenters. The van der Waals surface area contributed by atoms with Crippen molar-refractivity contribution in [2.24, 2.45) is 0 Å². The van der Waals surface area contributed by atoms with E-state index in [1.54, 1.807) is 0 Å². The first-order chi connectivity index (χ1) is 9.65. The van der Waals surface area contributed by atoms with E-state index in [-0.39, 0.29) is 0 Å². The lowest BCUT2D eigenvalue weighted by molar-refractivity contribution is 0.572. The number of hydrogen-bond donors (Lipinski definition) is 1. The highest BCUT2D eigenvalue weighted by Crippen LogP contribution is 2.08. The summed E-state index contributed by atoms with van der Waals surface area (Å²) < 4.78 is 2.08. The highest BCUT2D eigenvalue weighted by molar-refractivity contribution is 5.16. The summed E-state index contributed by atoms with van der Waals surface area (Å²) in [5.41, 5.74) is 3.84. The van der Waals surface area contributed by atoms with E-state index >= 15 is 0 Å². The summed E-state index contributed by atoms with van der Waals surface area (Å²) in [6.07, 6.45) is 4.41. The average molecular weight is 271 g/mol. The summed E-state index contributed by atoms with van der Waals surface area (Å²) >= 11 is 0. The van der Waals surface area contributed by atoms with E-state index in [1.807, 2.05) is 0 Å². The second-order valence-corrected chi connectivity index (χ2v) is 5.63. The van der Waals surface area contributed by atoms with Crippen LogP contribution in [0.25, 0.3) is 0 Å². The van der Waals surface area contributed by atoms with Gasteiger partial charge in [0.2, 0.25) is 0 Å². The fraction of sp³-hybridized carbons (Fsp3) is 0.471. The second kappa shape index (κ2) is 7.25. The van der Waals surface area contributed by atoms with Gasteiger partial charge in [-0.2, -0.15) is 5.10 Å². The maximum Gasteiger partial charge on any atom is 0.0638 e. The molecule has 3 heteroatoms. The number of rotatable bonds is 7. The van der Waals surface area contributed by atoms with Crippen LogP contribution in [0, 0.1) is 6.92 Å². The smallest absolute Gasteiger partial charge is 0.0638 e. The van der Waals surface area contributed by atoms with Gasteiger partial charge in [-0.1, -0.05) is 44.2 Å². The van der Waals surface area contributed by atoms with Crippen molar-refractivity contribution in [1.29, 1.82) is 0 Å². The standard InChI is InChI=1S/C17H25N3/c1-14(2)18-12-17-13-20(19-15(17)3)11-7-10-16-8-5-4-6-9-16/h4-6,8-9,13-14,18H,7,10-12H2,1-3H3. The summed E-state index contributed by atoms with van der Waals surface area (Å²) in [5, 5.41) is 8.04. The van der Waals surface area contributed by atoms with Crippen molar-refractivity contribution in [2.75, 3.05) is 0 Å². The van der Waals surface area contributed by atoms with Crippen LogP contribution in [0.15, 0.2) is 36.5 Å². The Morgan fingerprint density at radius 2 is 1.95 bits per heavy atom. The molecule has 0 spiro atoms. The lowest BCUT2D eigenvalue weighted by Crippen LogP contribution is -2.21. The molecule has 20 heavy (non-hydrogen) atoms. The molecule has 1 N–H and O–H groups in total. The molecular formula is C17H25N3. The fourth-order valence-corrected chi connectivity index (χ4v) is 2.25. The van der Waals surface area contributed by atoms with E-state index in [0.717, 1.165) is 31.6 Å². The summed E-state index contributed by atoms with van der Waals surface area (Å²) in [6.45, 7) is 8.31. The molecule has 2 aromatic rings. The van der Waals surface area contributed by atoms with Crippen molar-refractivity contribution in [3.63, 3.8) is 0 Å². The third kappa shape index (κ3) is 4.49. The van der Waals surface area contributed by atoms with Crippen molar-refractivity contribution in [3.05, 3.63) is 53.3 Å². The minimum atomic E-state index is 0.510. The van der Waals surface area contributed by atoms with Gasteiger partial charge in [-0.05, 0) is 25.3 Å². The zero-order valence-corrected chi connectivity index (χ0v) is 12.8. The molecule has 2 rings (SSSR count). The molecule has 3 nitrogen and oxygen atoms in total. The van der Waals surface area contributed by atoms with Crippen molar-refractivity contribution >= 4 is 0 Å². The van der Waals surface area contributed by atoms with Crippen LogP contribution in [0.3, 0.4) is 0 Å². The summed E-state index contributed by atoms with van der Waals surface area (Å²) in [7, 11) is 0. The summed E-state index contributed by atoms with van der Waals surface area (Å²) in [6, 6.07) is 11.1. The van der Waals surface area contributed by atoms with Gasteiger partial charge in [0.15, 0.2) is 0 Å². The molecule has 0 unspecified atom stereocenters. The number of hydrogen-bond acceptors (Lipinski definition) is 2.